The van der Waals surface area contributed by atoms with Crippen molar-refractivity contribution >= 4 is 11.5 Å². The van der Waals surface area contributed by atoms with Crippen molar-refractivity contribution in [2.24, 2.45) is 5.73 Å². The van der Waals surface area contributed by atoms with E-state index in [-0.39, 0.29) is 0 Å². The number of fused-ring (bicyclic) bond motifs is 1. The molecule has 0 unspecified atom stereocenters. The first-order valence-corrected chi connectivity index (χ1v) is 7.39. The van der Waals surface area contributed by atoms with Gasteiger partial charge in [0, 0.05) is 18.4 Å². The summed E-state index contributed by atoms with van der Waals surface area (Å²) in [5.74, 6) is 1.04. The minimum atomic E-state index is 0.674. The Morgan fingerprint density at radius 2 is 2.00 bits per heavy atom. The predicted octanol–water partition coefficient (Wildman–Crippen LogP) is 3.06. The summed E-state index contributed by atoms with van der Waals surface area (Å²) in [5.41, 5.74) is 9.53. The summed E-state index contributed by atoms with van der Waals surface area (Å²) in [4.78, 5) is 6.97. The second-order valence-corrected chi connectivity index (χ2v) is 5.30. The Balaban J connectivity index is 1.92. The van der Waals surface area contributed by atoms with E-state index in [2.05, 4.69) is 46.3 Å². The maximum Gasteiger partial charge on any atom is 0.132 e. The summed E-state index contributed by atoms with van der Waals surface area (Å²) in [6, 6.07) is 12.9. The number of para-hydroxylation sites is 1. The second-order valence-electron chi connectivity index (χ2n) is 5.30. The van der Waals surface area contributed by atoms with Crippen LogP contribution in [-0.2, 0) is 12.8 Å². The average molecular weight is 267 g/mol. The van der Waals surface area contributed by atoms with E-state index in [9.17, 15) is 0 Å². The molecule has 0 radical (unpaired) electrons. The molecule has 104 valence electrons. The summed E-state index contributed by atoms with van der Waals surface area (Å²) in [6.45, 7) is 1.72. The Bertz CT molecular complexity index is 563. The molecular formula is C17H21N3. The van der Waals surface area contributed by atoms with Crippen LogP contribution in [0.15, 0.2) is 42.6 Å². The fraction of sp³-hybridized carbons (Fsp3) is 0.353. The molecule has 1 aliphatic heterocycles. The predicted molar refractivity (Wildman–Crippen MR) is 83.4 cm³/mol. The zero-order chi connectivity index (χ0) is 13.8. The highest BCUT2D eigenvalue weighted by atomic mass is 15.2. The normalized spacial score (nSPS) is 14.8. The van der Waals surface area contributed by atoms with Crippen LogP contribution in [0.5, 0.6) is 0 Å². The fourth-order valence-electron chi connectivity index (χ4n) is 2.82. The Kier molecular flexibility index (Phi) is 3.97. The lowest BCUT2D eigenvalue weighted by molar-refractivity contribution is 0.757. The van der Waals surface area contributed by atoms with Gasteiger partial charge in [-0.2, -0.15) is 0 Å². The van der Waals surface area contributed by atoms with E-state index in [1.165, 1.54) is 29.7 Å². The molecule has 1 aromatic heterocycles. The van der Waals surface area contributed by atoms with E-state index in [1.54, 1.807) is 0 Å². The molecule has 20 heavy (non-hydrogen) atoms. The molecule has 0 saturated carbocycles. The molecule has 0 spiro atoms. The van der Waals surface area contributed by atoms with Crippen molar-refractivity contribution in [3.05, 3.63) is 53.7 Å². The monoisotopic (exact) mass is 267 g/mol. The first kappa shape index (κ1) is 13.1. The fourth-order valence-corrected chi connectivity index (χ4v) is 2.82. The highest BCUT2D eigenvalue weighted by Crippen LogP contribution is 2.31. The van der Waals surface area contributed by atoms with Crippen LogP contribution in [0, 0.1) is 0 Å². The molecular weight excluding hydrogens is 246 g/mol. The number of rotatable bonds is 3. The number of hydrogen-bond acceptors (Lipinski definition) is 3. The summed E-state index contributed by atoms with van der Waals surface area (Å²) >= 11 is 0. The third-order valence-electron chi connectivity index (χ3n) is 3.88. The molecule has 0 amide bonds. The van der Waals surface area contributed by atoms with E-state index >= 15 is 0 Å². The van der Waals surface area contributed by atoms with Gasteiger partial charge < -0.3 is 10.6 Å². The second kappa shape index (κ2) is 6.06. The molecule has 0 fully saturated rings. The first-order chi connectivity index (χ1) is 9.88. The maximum atomic E-state index is 5.59. The van der Waals surface area contributed by atoms with Crippen LogP contribution in [0.3, 0.4) is 0 Å². The lowest BCUT2D eigenvalue weighted by Crippen LogP contribution is -2.19. The highest BCUT2D eigenvalue weighted by Gasteiger charge is 2.16. The average Bonchev–Trinajstić information content (AvgIpc) is 2.71. The van der Waals surface area contributed by atoms with E-state index in [0.29, 0.717) is 6.54 Å². The number of anilines is 2. The number of hydrogen-bond donors (Lipinski definition) is 1. The van der Waals surface area contributed by atoms with E-state index in [1.807, 2.05) is 6.20 Å². The molecule has 2 N–H and O–H groups in total. The van der Waals surface area contributed by atoms with Crippen LogP contribution in [0.1, 0.15) is 24.0 Å². The smallest absolute Gasteiger partial charge is 0.132 e. The van der Waals surface area contributed by atoms with Gasteiger partial charge in [-0.15, -0.1) is 0 Å². The summed E-state index contributed by atoms with van der Waals surface area (Å²) in [6.07, 6.45) is 6.47. The number of nitrogens with zero attached hydrogens (tertiary/aromatic N) is 2. The van der Waals surface area contributed by atoms with Gasteiger partial charge in [0.05, 0.1) is 0 Å². The van der Waals surface area contributed by atoms with Crippen molar-refractivity contribution in [3.63, 3.8) is 0 Å². The topological polar surface area (TPSA) is 42.1 Å². The molecule has 3 heteroatoms. The van der Waals surface area contributed by atoms with Crippen LogP contribution >= 0.6 is 0 Å². The number of benzene rings is 1. The van der Waals surface area contributed by atoms with Gasteiger partial charge in [-0.05, 0) is 55.5 Å². The van der Waals surface area contributed by atoms with Crippen LogP contribution < -0.4 is 10.6 Å². The number of aromatic nitrogens is 1. The standard InChI is InChI=1S/C17H21N3/c18-11-10-14-8-9-17(19-13-14)20-12-4-3-6-15-5-1-2-7-16(15)20/h1-2,5,7-9,13H,3-4,6,10-12,18H2. The van der Waals surface area contributed by atoms with E-state index in [0.717, 1.165) is 25.2 Å². The lowest BCUT2D eigenvalue weighted by atomic mass is 10.1. The zero-order valence-electron chi connectivity index (χ0n) is 11.8. The Morgan fingerprint density at radius 1 is 1.10 bits per heavy atom. The molecule has 1 aromatic carbocycles. The third-order valence-corrected chi connectivity index (χ3v) is 3.88. The zero-order valence-corrected chi connectivity index (χ0v) is 11.8. The molecule has 2 heterocycles. The van der Waals surface area contributed by atoms with Crippen LogP contribution in [0.25, 0.3) is 0 Å². The van der Waals surface area contributed by atoms with Gasteiger partial charge >= 0.3 is 0 Å². The number of nitrogens with two attached hydrogens (primary N) is 1. The molecule has 2 aromatic rings. The molecule has 0 aliphatic carbocycles. The quantitative estimate of drug-likeness (QED) is 0.929. The summed E-state index contributed by atoms with van der Waals surface area (Å²) < 4.78 is 0. The van der Waals surface area contributed by atoms with Crippen LogP contribution in [-0.4, -0.2) is 18.1 Å². The molecule has 3 nitrogen and oxygen atoms in total. The third kappa shape index (κ3) is 2.68. The Hall–Kier alpha value is -1.87. The van der Waals surface area contributed by atoms with Crippen LogP contribution in [0.4, 0.5) is 11.5 Å². The molecule has 3 rings (SSSR count). The molecule has 1 aliphatic rings. The SMILES string of the molecule is NCCc1ccc(N2CCCCc3ccccc32)nc1. The van der Waals surface area contributed by atoms with Crippen LogP contribution in [0.2, 0.25) is 0 Å². The van der Waals surface area contributed by atoms with Gasteiger partial charge in [0.25, 0.3) is 0 Å². The minimum absolute atomic E-state index is 0.674. The van der Waals surface area contributed by atoms with Gasteiger partial charge in [0.15, 0.2) is 0 Å². The minimum Gasteiger partial charge on any atom is -0.330 e. The van der Waals surface area contributed by atoms with Crippen molar-refractivity contribution < 1.29 is 0 Å². The molecule has 0 atom stereocenters. The maximum absolute atomic E-state index is 5.59. The van der Waals surface area contributed by atoms with E-state index in [4.69, 9.17) is 5.73 Å². The van der Waals surface area contributed by atoms with E-state index < -0.39 is 0 Å². The summed E-state index contributed by atoms with van der Waals surface area (Å²) in [5, 5.41) is 0. The highest BCUT2D eigenvalue weighted by molar-refractivity contribution is 5.64. The van der Waals surface area contributed by atoms with Crippen molar-refractivity contribution in [3.8, 4) is 0 Å². The van der Waals surface area contributed by atoms with Crippen molar-refractivity contribution in [1.29, 1.82) is 0 Å². The van der Waals surface area contributed by atoms with Gasteiger partial charge in [0.1, 0.15) is 5.82 Å². The largest absolute Gasteiger partial charge is 0.330 e. The first-order valence-electron chi connectivity index (χ1n) is 7.39. The number of pyridine rings is 1. The summed E-state index contributed by atoms with van der Waals surface area (Å²) in [7, 11) is 0. The lowest BCUT2D eigenvalue weighted by Gasteiger charge is -2.24. The molecule has 0 saturated heterocycles. The van der Waals surface area contributed by atoms with Gasteiger partial charge in [-0.1, -0.05) is 24.3 Å². The number of aryl methyl sites for hydroxylation is 1. The Morgan fingerprint density at radius 3 is 2.80 bits per heavy atom. The van der Waals surface area contributed by atoms with Gasteiger partial charge in [0.2, 0.25) is 0 Å². The molecule has 0 bridgehead atoms. The van der Waals surface area contributed by atoms with Crippen molar-refractivity contribution in [2.75, 3.05) is 18.0 Å². The van der Waals surface area contributed by atoms with Crippen molar-refractivity contribution in [2.45, 2.75) is 25.7 Å². The van der Waals surface area contributed by atoms with Gasteiger partial charge in [-0.3, -0.25) is 0 Å². The van der Waals surface area contributed by atoms with Crippen molar-refractivity contribution in [1.82, 2.24) is 4.98 Å². The van der Waals surface area contributed by atoms with Gasteiger partial charge in [-0.25, -0.2) is 4.98 Å². The Labute approximate surface area is 120 Å².